The summed E-state index contributed by atoms with van der Waals surface area (Å²) in [6, 6.07) is 0. The molecule has 0 unspecified atom stereocenters. The maximum absolute atomic E-state index is 4.25. The van der Waals surface area contributed by atoms with E-state index in [9.17, 15) is 0 Å². The van der Waals surface area contributed by atoms with Crippen LogP contribution in [0.3, 0.4) is 0 Å². The molecule has 0 atom stereocenters. The zero-order valence-corrected chi connectivity index (χ0v) is 9.25. The maximum atomic E-state index is 4.25. The van der Waals surface area contributed by atoms with E-state index in [2.05, 4.69) is 32.1 Å². The van der Waals surface area contributed by atoms with Crippen LogP contribution in [0.15, 0.2) is 6.20 Å². The quantitative estimate of drug-likeness (QED) is 0.620. The second kappa shape index (κ2) is 2.81. The van der Waals surface area contributed by atoms with Crippen molar-refractivity contribution in [3.05, 3.63) is 28.5 Å². The molecule has 0 N–H and O–H groups in total. The van der Waals surface area contributed by atoms with E-state index in [4.69, 9.17) is 0 Å². The first-order chi connectivity index (χ1) is 6.13. The van der Waals surface area contributed by atoms with Crippen molar-refractivity contribution in [2.45, 2.75) is 27.7 Å². The van der Waals surface area contributed by atoms with E-state index < -0.39 is 0 Å². The molecule has 68 valence electrons. The van der Waals surface area contributed by atoms with Crippen LogP contribution >= 0.6 is 11.5 Å². The van der Waals surface area contributed by atoms with Crippen molar-refractivity contribution in [2.24, 2.45) is 0 Å². The van der Waals surface area contributed by atoms with Gasteiger partial charge in [0, 0.05) is 11.6 Å². The van der Waals surface area contributed by atoms with Crippen molar-refractivity contribution >= 4 is 21.6 Å². The molecule has 0 aliphatic carbocycles. The first-order valence-corrected chi connectivity index (χ1v) is 5.21. The Bertz CT molecular complexity index is 426. The fraction of sp³-hybridized carbons (Fsp3) is 0.364. The van der Waals surface area contributed by atoms with Crippen molar-refractivity contribution in [2.75, 3.05) is 0 Å². The van der Waals surface area contributed by atoms with Gasteiger partial charge in [0.15, 0.2) is 0 Å². The lowest BCUT2D eigenvalue weighted by Gasteiger charge is -2.09. The van der Waals surface area contributed by atoms with Crippen LogP contribution in [0.2, 0.25) is 0 Å². The Balaban J connectivity index is 3.02. The molecule has 2 rings (SSSR count). The fourth-order valence-electron chi connectivity index (χ4n) is 1.71. The highest BCUT2D eigenvalue weighted by molar-refractivity contribution is 7.13. The van der Waals surface area contributed by atoms with E-state index in [0.29, 0.717) is 0 Å². The average molecular weight is 191 g/mol. The Hall–Kier alpha value is -0.890. The van der Waals surface area contributed by atoms with Crippen molar-refractivity contribution < 1.29 is 0 Å². The summed E-state index contributed by atoms with van der Waals surface area (Å²) in [4.78, 5) is 0. The van der Waals surface area contributed by atoms with Crippen molar-refractivity contribution in [1.29, 1.82) is 0 Å². The topological polar surface area (TPSA) is 12.9 Å². The van der Waals surface area contributed by atoms with E-state index >= 15 is 0 Å². The first-order valence-electron chi connectivity index (χ1n) is 4.43. The summed E-state index contributed by atoms with van der Waals surface area (Å²) in [6.45, 7) is 8.74. The zero-order chi connectivity index (χ0) is 9.59. The van der Waals surface area contributed by atoms with Gasteiger partial charge in [0.2, 0.25) is 0 Å². The molecule has 0 amide bonds. The molecular weight excluding hydrogens is 178 g/mol. The molecule has 13 heavy (non-hydrogen) atoms. The molecule has 0 bridgehead atoms. The number of nitrogens with zero attached hydrogens (tertiary/aromatic N) is 1. The zero-order valence-electron chi connectivity index (χ0n) is 8.43. The fourth-order valence-corrected chi connectivity index (χ4v) is 2.57. The molecule has 0 saturated heterocycles. The molecule has 0 aliphatic rings. The summed E-state index contributed by atoms with van der Waals surface area (Å²) in [5.41, 5.74) is 5.59. The summed E-state index contributed by atoms with van der Waals surface area (Å²) >= 11 is 1.60. The third-order valence-electron chi connectivity index (χ3n) is 3.00. The standard InChI is InChI=1S/C11H13NS/c1-6-7(2)9(4)11-10(8(6)3)5-12-13-11/h5H,1-4H3. The van der Waals surface area contributed by atoms with Crippen LogP contribution in [0.1, 0.15) is 22.3 Å². The Kier molecular flexibility index (Phi) is 1.88. The lowest BCUT2D eigenvalue weighted by Crippen LogP contribution is -1.90. The Labute approximate surface area is 82.6 Å². The van der Waals surface area contributed by atoms with E-state index in [-0.39, 0.29) is 0 Å². The largest absolute Gasteiger partial charge is 0.200 e. The molecule has 0 aliphatic heterocycles. The van der Waals surface area contributed by atoms with Crippen LogP contribution in [0.4, 0.5) is 0 Å². The summed E-state index contributed by atoms with van der Waals surface area (Å²) in [5, 5.41) is 1.32. The highest BCUT2D eigenvalue weighted by Crippen LogP contribution is 2.30. The third-order valence-corrected chi connectivity index (χ3v) is 3.92. The molecule has 0 spiro atoms. The van der Waals surface area contributed by atoms with Gasteiger partial charge in [-0.25, -0.2) is 0 Å². The summed E-state index contributed by atoms with van der Waals surface area (Å²) in [6.07, 6.45) is 1.98. The minimum absolute atomic E-state index is 1.32. The van der Waals surface area contributed by atoms with E-state index in [1.807, 2.05) is 6.20 Å². The number of fused-ring (bicyclic) bond motifs is 1. The number of benzene rings is 1. The van der Waals surface area contributed by atoms with Crippen LogP contribution < -0.4 is 0 Å². The number of rotatable bonds is 0. The SMILES string of the molecule is Cc1c(C)c(C)c2sncc2c1C. The van der Waals surface area contributed by atoms with Crippen molar-refractivity contribution in [1.82, 2.24) is 4.37 Å². The number of hydrogen-bond donors (Lipinski definition) is 0. The molecule has 1 aromatic carbocycles. The molecule has 0 fully saturated rings. The van der Waals surface area contributed by atoms with Gasteiger partial charge in [0.1, 0.15) is 0 Å². The second-order valence-electron chi connectivity index (χ2n) is 3.57. The van der Waals surface area contributed by atoms with Gasteiger partial charge in [-0.2, -0.15) is 4.37 Å². The van der Waals surface area contributed by atoms with Gasteiger partial charge in [-0.3, -0.25) is 0 Å². The summed E-state index contributed by atoms with van der Waals surface area (Å²) < 4.78 is 5.59. The normalized spacial score (nSPS) is 11.1. The van der Waals surface area contributed by atoms with Gasteiger partial charge >= 0.3 is 0 Å². The van der Waals surface area contributed by atoms with Gasteiger partial charge in [-0.05, 0) is 61.5 Å². The smallest absolute Gasteiger partial charge is 0.0584 e. The molecule has 1 aromatic heterocycles. The van der Waals surface area contributed by atoms with E-state index in [1.54, 1.807) is 11.5 Å². The van der Waals surface area contributed by atoms with Gasteiger partial charge in [0.05, 0.1) is 4.70 Å². The third kappa shape index (κ3) is 1.09. The van der Waals surface area contributed by atoms with Gasteiger partial charge in [-0.15, -0.1) is 0 Å². The van der Waals surface area contributed by atoms with Gasteiger partial charge in [-0.1, -0.05) is 0 Å². The van der Waals surface area contributed by atoms with Crippen LogP contribution in [0.25, 0.3) is 10.1 Å². The van der Waals surface area contributed by atoms with E-state index in [0.717, 1.165) is 0 Å². The summed E-state index contributed by atoms with van der Waals surface area (Å²) in [5.74, 6) is 0. The van der Waals surface area contributed by atoms with Crippen LogP contribution in [0, 0.1) is 27.7 Å². The highest BCUT2D eigenvalue weighted by atomic mass is 32.1. The number of aromatic nitrogens is 1. The average Bonchev–Trinajstić information content (AvgIpc) is 2.59. The van der Waals surface area contributed by atoms with Crippen LogP contribution in [-0.4, -0.2) is 4.37 Å². The Morgan fingerprint density at radius 2 is 1.54 bits per heavy atom. The molecule has 1 heterocycles. The maximum Gasteiger partial charge on any atom is 0.0584 e. The molecule has 2 aromatic rings. The molecule has 1 nitrogen and oxygen atoms in total. The number of aryl methyl sites for hydroxylation is 2. The van der Waals surface area contributed by atoms with Crippen molar-refractivity contribution in [3.63, 3.8) is 0 Å². The lowest BCUT2D eigenvalue weighted by atomic mass is 9.97. The van der Waals surface area contributed by atoms with E-state index in [1.165, 1.54) is 32.3 Å². The van der Waals surface area contributed by atoms with Gasteiger partial charge in [0.25, 0.3) is 0 Å². The monoisotopic (exact) mass is 191 g/mol. The molecular formula is C11H13NS. The molecule has 2 heteroatoms. The number of hydrogen-bond acceptors (Lipinski definition) is 2. The first kappa shape index (κ1) is 8.70. The molecule has 0 saturated carbocycles. The lowest BCUT2D eigenvalue weighted by molar-refractivity contribution is 1.26. The van der Waals surface area contributed by atoms with Gasteiger partial charge < -0.3 is 0 Å². The minimum Gasteiger partial charge on any atom is -0.200 e. The Morgan fingerprint density at radius 3 is 2.23 bits per heavy atom. The predicted molar refractivity (Wildman–Crippen MR) is 58.6 cm³/mol. The predicted octanol–water partition coefficient (Wildman–Crippen LogP) is 3.53. The van der Waals surface area contributed by atoms with Crippen LogP contribution in [-0.2, 0) is 0 Å². The highest BCUT2D eigenvalue weighted by Gasteiger charge is 2.09. The van der Waals surface area contributed by atoms with Crippen LogP contribution in [0.5, 0.6) is 0 Å². The minimum atomic E-state index is 1.32. The summed E-state index contributed by atoms with van der Waals surface area (Å²) in [7, 11) is 0. The molecule has 0 radical (unpaired) electrons. The Morgan fingerprint density at radius 1 is 0.923 bits per heavy atom. The second-order valence-corrected chi connectivity index (χ2v) is 4.37. The van der Waals surface area contributed by atoms with Crippen molar-refractivity contribution in [3.8, 4) is 0 Å².